The molecule has 3 aromatic heterocycles. The Labute approximate surface area is 200 Å². The van der Waals surface area contributed by atoms with Crippen molar-refractivity contribution in [3.8, 4) is 17.4 Å². The zero-order valence-electron chi connectivity index (χ0n) is 19.5. The number of rotatable bonds is 4. The molecule has 0 radical (unpaired) electrons. The number of aromatic hydroxyl groups is 1. The molecular weight excluding hydrogens is 442 g/mol. The Kier molecular flexibility index (Phi) is 5.41. The number of aryl methyl sites for hydroxylation is 1. The van der Waals surface area contributed by atoms with Crippen molar-refractivity contribution >= 4 is 22.7 Å². The summed E-state index contributed by atoms with van der Waals surface area (Å²) >= 11 is 0. The molecule has 0 amide bonds. The average molecular weight is 466 g/mol. The predicted octanol–water partition coefficient (Wildman–Crippen LogP) is 3.95. The molecule has 0 fully saturated rings. The van der Waals surface area contributed by atoms with Gasteiger partial charge in [-0.15, -0.1) is 0 Å². The summed E-state index contributed by atoms with van der Waals surface area (Å²) in [6.45, 7) is 3.62. The number of nitrogens with zero attached hydrogens (tertiary/aromatic N) is 5. The fourth-order valence-corrected chi connectivity index (χ4v) is 4.19. The van der Waals surface area contributed by atoms with Crippen molar-refractivity contribution in [2.24, 2.45) is 12.0 Å². The lowest BCUT2D eigenvalue weighted by molar-refractivity contribution is 0.435. The third kappa shape index (κ3) is 3.65. The Balaban J connectivity index is 1.73. The van der Waals surface area contributed by atoms with E-state index in [2.05, 4.69) is 9.98 Å². The van der Waals surface area contributed by atoms with Crippen LogP contribution in [0.3, 0.4) is 0 Å². The minimum atomic E-state index is -0.393. The highest BCUT2D eigenvalue weighted by molar-refractivity contribution is 6.02. The zero-order valence-corrected chi connectivity index (χ0v) is 19.5. The Morgan fingerprint density at radius 2 is 1.54 bits per heavy atom. The lowest BCUT2D eigenvalue weighted by Gasteiger charge is -2.13. The molecule has 8 nitrogen and oxygen atoms in total. The molecule has 174 valence electrons. The van der Waals surface area contributed by atoms with Crippen LogP contribution in [0.2, 0.25) is 0 Å². The van der Waals surface area contributed by atoms with Gasteiger partial charge in [0.05, 0.1) is 16.9 Å². The van der Waals surface area contributed by atoms with Crippen molar-refractivity contribution < 1.29 is 5.11 Å². The van der Waals surface area contributed by atoms with Gasteiger partial charge in [-0.3, -0.25) is 14.3 Å². The first kappa shape index (κ1) is 22.1. The SMILES string of the molecule is Cc1cccc(-n2c(O)c(C=Nc3c(C)n(C)n(-c4ccccc4)c3=O)c3ccccc3c2=O)n1. The second-order valence-electron chi connectivity index (χ2n) is 8.23. The molecule has 0 aliphatic heterocycles. The Bertz CT molecular complexity index is 1730. The highest BCUT2D eigenvalue weighted by Gasteiger charge is 2.19. The third-order valence-corrected chi connectivity index (χ3v) is 6.05. The topological polar surface area (TPSA) is 94.4 Å². The number of hydrogen-bond donors (Lipinski definition) is 1. The van der Waals surface area contributed by atoms with E-state index in [0.29, 0.717) is 33.5 Å². The van der Waals surface area contributed by atoms with Crippen LogP contribution in [0.4, 0.5) is 5.69 Å². The number of fused-ring (bicyclic) bond motifs is 1. The largest absolute Gasteiger partial charge is 0.494 e. The van der Waals surface area contributed by atoms with Gasteiger partial charge in [-0.1, -0.05) is 42.5 Å². The Hall–Kier alpha value is -4.72. The standard InChI is InChI=1S/C27H23N5O3/c1-17-10-9-15-23(29-17)31-25(33)21-14-8-7-13-20(21)22(26(31)34)16-28-24-18(2)30(3)32(27(24)35)19-11-5-4-6-12-19/h4-16,34H,1-3H3. The number of pyridine rings is 2. The van der Waals surface area contributed by atoms with E-state index in [1.165, 1.54) is 10.9 Å². The fraction of sp³-hybridized carbons (Fsp3) is 0.111. The van der Waals surface area contributed by atoms with E-state index in [1.807, 2.05) is 50.2 Å². The van der Waals surface area contributed by atoms with Gasteiger partial charge in [0.25, 0.3) is 11.1 Å². The summed E-state index contributed by atoms with van der Waals surface area (Å²) in [6.07, 6.45) is 1.43. The van der Waals surface area contributed by atoms with E-state index in [9.17, 15) is 14.7 Å². The van der Waals surface area contributed by atoms with Crippen LogP contribution in [0.1, 0.15) is 17.0 Å². The molecule has 8 heteroatoms. The molecule has 0 saturated carbocycles. The van der Waals surface area contributed by atoms with Gasteiger partial charge in [0.15, 0.2) is 5.69 Å². The molecule has 1 N–H and O–H groups in total. The molecule has 0 spiro atoms. The summed E-state index contributed by atoms with van der Waals surface area (Å²) in [5, 5.41) is 12.1. The van der Waals surface area contributed by atoms with Gasteiger partial charge >= 0.3 is 0 Å². The fourth-order valence-electron chi connectivity index (χ4n) is 4.19. The van der Waals surface area contributed by atoms with Crippen LogP contribution >= 0.6 is 0 Å². The van der Waals surface area contributed by atoms with Crippen molar-refractivity contribution in [1.82, 2.24) is 18.9 Å². The maximum Gasteiger partial charge on any atom is 0.297 e. The number of aliphatic imine (C=N–C) groups is 1. The number of aromatic nitrogens is 4. The smallest absolute Gasteiger partial charge is 0.297 e. The van der Waals surface area contributed by atoms with Crippen LogP contribution in [0.5, 0.6) is 5.88 Å². The second-order valence-corrected chi connectivity index (χ2v) is 8.23. The molecule has 3 heterocycles. The highest BCUT2D eigenvalue weighted by Crippen LogP contribution is 2.26. The van der Waals surface area contributed by atoms with Crippen molar-refractivity contribution in [2.45, 2.75) is 13.8 Å². The summed E-state index contributed by atoms with van der Waals surface area (Å²) in [6, 6.07) is 21.5. The summed E-state index contributed by atoms with van der Waals surface area (Å²) in [5.41, 5.74) is 1.97. The maximum atomic E-state index is 13.3. The first-order valence-electron chi connectivity index (χ1n) is 11.1. The van der Waals surface area contributed by atoms with Gasteiger partial charge in [0.1, 0.15) is 5.82 Å². The third-order valence-electron chi connectivity index (χ3n) is 6.05. The molecule has 0 bridgehead atoms. The van der Waals surface area contributed by atoms with E-state index in [0.717, 1.165) is 10.3 Å². The molecule has 0 aliphatic carbocycles. The van der Waals surface area contributed by atoms with Crippen molar-refractivity contribution in [2.75, 3.05) is 0 Å². The molecule has 0 aliphatic rings. The number of para-hydroxylation sites is 1. The van der Waals surface area contributed by atoms with Crippen molar-refractivity contribution in [3.05, 3.63) is 110 Å². The van der Waals surface area contributed by atoms with Gasteiger partial charge < -0.3 is 5.11 Å². The predicted molar refractivity (Wildman–Crippen MR) is 137 cm³/mol. The number of hydrogen-bond acceptors (Lipinski definition) is 5. The summed E-state index contributed by atoms with van der Waals surface area (Å²) in [4.78, 5) is 35.4. The van der Waals surface area contributed by atoms with Crippen molar-refractivity contribution in [3.63, 3.8) is 0 Å². The average Bonchev–Trinajstić information content (AvgIpc) is 3.07. The Morgan fingerprint density at radius 3 is 2.26 bits per heavy atom. The molecule has 35 heavy (non-hydrogen) atoms. The van der Waals surface area contributed by atoms with Crippen LogP contribution in [0.25, 0.3) is 22.3 Å². The van der Waals surface area contributed by atoms with Crippen molar-refractivity contribution in [1.29, 1.82) is 0 Å². The molecule has 0 saturated heterocycles. The van der Waals surface area contributed by atoms with Gasteiger partial charge in [-0.2, -0.15) is 0 Å². The van der Waals surface area contributed by atoms with Crippen LogP contribution in [-0.4, -0.2) is 30.2 Å². The van der Waals surface area contributed by atoms with Gasteiger partial charge in [-0.25, -0.2) is 19.2 Å². The minimum Gasteiger partial charge on any atom is -0.494 e. The van der Waals surface area contributed by atoms with E-state index in [1.54, 1.807) is 48.1 Å². The summed E-state index contributed by atoms with van der Waals surface area (Å²) < 4.78 is 4.44. The van der Waals surface area contributed by atoms with E-state index < -0.39 is 5.56 Å². The van der Waals surface area contributed by atoms with E-state index >= 15 is 0 Å². The van der Waals surface area contributed by atoms with Crippen LogP contribution in [0.15, 0.2) is 87.4 Å². The summed E-state index contributed by atoms with van der Waals surface area (Å²) in [7, 11) is 1.79. The molecule has 0 atom stereocenters. The van der Waals surface area contributed by atoms with E-state index in [4.69, 9.17) is 0 Å². The molecule has 0 unspecified atom stereocenters. The zero-order chi connectivity index (χ0) is 24.7. The minimum absolute atomic E-state index is 0.242. The summed E-state index contributed by atoms with van der Waals surface area (Å²) in [5.74, 6) is 0.00254. The first-order valence-corrected chi connectivity index (χ1v) is 11.1. The van der Waals surface area contributed by atoms with Gasteiger partial charge in [0.2, 0.25) is 5.88 Å². The molecule has 5 aromatic rings. The van der Waals surface area contributed by atoms with Crippen LogP contribution in [0, 0.1) is 13.8 Å². The lowest BCUT2D eigenvalue weighted by atomic mass is 10.1. The normalized spacial score (nSPS) is 11.5. The lowest BCUT2D eigenvalue weighted by Crippen LogP contribution is -2.21. The Morgan fingerprint density at radius 1 is 0.857 bits per heavy atom. The maximum absolute atomic E-state index is 13.3. The first-order chi connectivity index (χ1) is 16.9. The molecule has 5 rings (SSSR count). The molecular formula is C27H23N5O3. The second kappa shape index (κ2) is 8.57. The van der Waals surface area contributed by atoms with Crippen LogP contribution < -0.4 is 11.1 Å². The molecule has 2 aromatic carbocycles. The monoisotopic (exact) mass is 465 g/mol. The number of benzene rings is 2. The quantitative estimate of drug-likeness (QED) is 0.407. The van der Waals surface area contributed by atoms with E-state index in [-0.39, 0.29) is 17.1 Å². The van der Waals surface area contributed by atoms with Gasteiger partial charge in [0, 0.05) is 29.7 Å². The highest BCUT2D eigenvalue weighted by atomic mass is 16.3. The van der Waals surface area contributed by atoms with Gasteiger partial charge in [-0.05, 0) is 44.2 Å². The van der Waals surface area contributed by atoms with Crippen LogP contribution in [-0.2, 0) is 7.05 Å².